The average Bonchev–Trinajstić information content (AvgIpc) is 2.43. The van der Waals surface area contributed by atoms with E-state index in [-0.39, 0.29) is 36.0 Å². The first-order valence-corrected chi connectivity index (χ1v) is 5.23. The monoisotopic (exact) mass is 211 g/mol. The average molecular weight is 211 g/mol. The number of amides is 2. The summed E-state index contributed by atoms with van der Waals surface area (Å²) in [5, 5.41) is 6.02. The lowest BCUT2D eigenvalue weighted by Crippen LogP contribution is -2.55. The summed E-state index contributed by atoms with van der Waals surface area (Å²) in [6, 6.07) is -0.185. The lowest BCUT2D eigenvalue weighted by Gasteiger charge is -2.28. The minimum Gasteiger partial charge on any atom is -0.351 e. The van der Waals surface area contributed by atoms with Gasteiger partial charge in [0.25, 0.3) is 0 Å². The van der Waals surface area contributed by atoms with Crippen molar-refractivity contribution in [3.05, 3.63) is 0 Å². The molecule has 5 nitrogen and oxygen atoms in total. The molecule has 0 aromatic heterocycles. The van der Waals surface area contributed by atoms with Crippen molar-refractivity contribution in [1.29, 1.82) is 0 Å². The molecular formula is C10H17N3O2. The van der Waals surface area contributed by atoms with Gasteiger partial charge in [0.15, 0.2) is 0 Å². The highest BCUT2D eigenvalue weighted by Crippen LogP contribution is 2.26. The molecular weight excluding hydrogens is 194 g/mol. The Morgan fingerprint density at radius 2 is 2.00 bits per heavy atom. The van der Waals surface area contributed by atoms with Crippen molar-refractivity contribution in [2.45, 2.75) is 33.0 Å². The van der Waals surface area contributed by atoms with E-state index in [0.29, 0.717) is 6.54 Å². The van der Waals surface area contributed by atoms with Crippen molar-refractivity contribution in [2.24, 2.45) is 5.41 Å². The van der Waals surface area contributed by atoms with Gasteiger partial charge in [0.05, 0.1) is 12.6 Å². The van der Waals surface area contributed by atoms with Crippen LogP contribution in [0.25, 0.3) is 0 Å². The quantitative estimate of drug-likeness (QED) is 0.556. The molecule has 2 amide bonds. The summed E-state index contributed by atoms with van der Waals surface area (Å²) in [6.07, 6.45) is -0.0283. The van der Waals surface area contributed by atoms with Crippen LogP contribution in [0, 0.1) is 5.41 Å². The van der Waals surface area contributed by atoms with Gasteiger partial charge in [-0.05, 0) is 5.41 Å². The molecule has 0 aliphatic carbocycles. The molecule has 15 heavy (non-hydrogen) atoms. The summed E-state index contributed by atoms with van der Waals surface area (Å²) in [5.41, 5.74) is -0.114. The molecule has 2 aliphatic rings. The number of hydrogen-bond acceptors (Lipinski definition) is 3. The molecule has 2 rings (SSSR count). The first-order chi connectivity index (χ1) is 6.89. The lowest BCUT2D eigenvalue weighted by atomic mass is 9.87. The van der Waals surface area contributed by atoms with E-state index >= 15 is 0 Å². The molecule has 0 radical (unpaired) electrons. The fourth-order valence-electron chi connectivity index (χ4n) is 2.07. The smallest absolute Gasteiger partial charge is 0.242 e. The highest BCUT2D eigenvalue weighted by atomic mass is 16.2. The van der Waals surface area contributed by atoms with E-state index in [0.717, 1.165) is 0 Å². The van der Waals surface area contributed by atoms with E-state index in [1.54, 1.807) is 4.90 Å². The molecule has 0 bridgehead atoms. The number of rotatable bonds is 0. The maximum atomic E-state index is 12.0. The molecule has 0 saturated carbocycles. The van der Waals surface area contributed by atoms with Crippen molar-refractivity contribution >= 4 is 11.8 Å². The molecule has 5 heteroatoms. The highest BCUT2D eigenvalue weighted by Gasteiger charge is 2.46. The van der Waals surface area contributed by atoms with E-state index in [9.17, 15) is 9.59 Å². The molecule has 2 aliphatic heterocycles. The summed E-state index contributed by atoms with van der Waals surface area (Å²) in [5.74, 6) is -0.0293. The van der Waals surface area contributed by atoms with Crippen LogP contribution in [-0.2, 0) is 9.59 Å². The van der Waals surface area contributed by atoms with E-state index < -0.39 is 0 Å². The summed E-state index contributed by atoms with van der Waals surface area (Å²) in [6.45, 7) is 6.77. The molecule has 2 saturated heterocycles. The van der Waals surface area contributed by atoms with Gasteiger partial charge in [-0.15, -0.1) is 0 Å². The van der Waals surface area contributed by atoms with Crippen LogP contribution in [-0.4, -0.2) is 42.0 Å². The summed E-state index contributed by atoms with van der Waals surface area (Å²) >= 11 is 0. The maximum Gasteiger partial charge on any atom is 0.242 e. The Bertz CT molecular complexity index is 308. The van der Waals surface area contributed by atoms with E-state index in [1.165, 1.54) is 0 Å². The van der Waals surface area contributed by atoms with Crippen LogP contribution in [0.5, 0.6) is 0 Å². The van der Waals surface area contributed by atoms with Gasteiger partial charge in [0.2, 0.25) is 11.8 Å². The molecule has 84 valence electrons. The number of carbonyl (C=O) groups is 2. The van der Waals surface area contributed by atoms with E-state index in [4.69, 9.17) is 0 Å². The van der Waals surface area contributed by atoms with Crippen LogP contribution >= 0.6 is 0 Å². The second kappa shape index (κ2) is 3.20. The van der Waals surface area contributed by atoms with E-state index in [2.05, 4.69) is 10.6 Å². The van der Waals surface area contributed by atoms with Crippen LogP contribution in [0.3, 0.4) is 0 Å². The number of fused-ring (bicyclic) bond motifs is 1. The number of hydrogen-bond donors (Lipinski definition) is 2. The minimum atomic E-state index is -0.185. The third kappa shape index (κ3) is 1.71. The normalized spacial score (nSPS) is 31.5. The zero-order valence-electron chi connectivity index (χ0n) is 9.33. The predicted molar refractivity (Wildman–Crippen MR) is 54.9 cm³/mol. The molecule has 0 aromatic rings. The lowest BCUT2D eigenvalue weighted by molar-refractivity contribution is -0.138. The maximum absolute atomic E-state index is 12.0. The molecule has 2 unspecified atom stereocenters. The SMILES string of the molecule is CC(C)(C)C1NC2CNC(=O)CN2C1=O. The van der Waals surface area contributed by atoms with Gasteiger partial charge in [-0.2, -0.15) is 0 Å². The Kier molecular flexibility index (Phi) is 2.22. The fourth-order valence-corrected chi connectivity index (χ4v) is 2.07. The number of piperazine rings is 1. The van der Waals surface area contributed by atoms with Gasteiger partial charge in [-0.25, -0.2) is 0 Å². The van der Waals surface area contributed by atoms with Gasteiger partial charge in [0, 0.05) is 0 Å². The summed E-state index contributed by atoms with van der Waals surface area (Å²) in [4.78, 5) is 24.8. The van der Waals surface area contributed by atoms with Crippen molar-refractivity contribution in [3.8, 4) is 0 Å². The van der Waals surface area contributed by atoms with Crippen molar-refractivity contribution in [1.82, 2.24) is 15.5 Å². The van der Waals surface area contributed by atoms with Gasteiger partial charge in [-0.3, -0.25) is 14.9 Å². The third-order valence-electron chi connectivity index (χ3n) is 2.94. The molecule has 2 atom stereocenters. The van der Waals surface area contributed by atoms with Crippen LogP contribution in [0.2, 0.25) is 0 Å². The van der Waals surface area contributed by atoms with Crippen LogP contribution in [0.4, 0.5) is 0 Å². The Balaban J connectivity index is 2.17. The zero-order valence-corrected chi connectivity index (χ0v) is 9.33. The largest absolute Gasteiger partial charge is 0.351 e. The molecule has 2 fully saturated rings. The topological polar surface area (TPSA) is 61.4 Å². The van der Waals surface area contributed by atoms with E-state index in [1.807, 2.05) is 20.8 Å². The Morgan fingerprint density at radius 1 is 1.33 bits per heavy atom. The Labute approximate surface area is 89.2 Å². The fraction of sp³-hybridized carbons (Fsp3) is 0.800. The molecule has 0 spiro atoms. The first-order valence-electron chi connectivity index (χ1n) is 5.23. The van der Waals surface area contributed by atoms with Crippen molar-refractivity contribution < 1.29 is 9.59 Å². The number of carbonyl (C=O) groups excluding carboxylic acids is 2. The van der Waals surface area contributed by atoms with Gasteiger partial charge in [0.1, 0.15) is 12.7 Å². The summed E-state index contributed by atoms with van der Waals surface area (Å²) in [7, 11) is 0. The predicted octanol–water partition coefficient (Wildman–Crippen LogP) is -0.711. The molecule has 2 N–H and O–H groups in total. The molecule has 2 heterocycles. The van der Waals surface area contributed by atoms with Crippen molar-refractivity contribution in [2.75, 3.05) is 13.1 Å². The van der Waals surface area contributed by atoms with Gasteiger partial charge >= 0.3 is 0 Å². The Morgan fingerprint density at radius 3 is 2.60 bits per heavy atom. The number of nitrogens with one attached hydrogen (secondary N) is 2. The summed E-state index contributed by atoms with van der Waals surface area (Å²) < 4.78 is 0. The van der Waals surface area contributed by atoms with Crippen molar-refractivity contribution in [3.63, 3.8) is 0 Å². The molecule has 0 aromatic carbocycles. The Hall–Kier alpha value is -1.10. The highest BCUT2D eigenvalue weighted by molar-refractivity contribution is 5.91. The van der Waals surface area contributed by atoms with Gasteiger partial charge in [-0.1, -0.05) is 20.8 Å². The van der Waals surface area contributed by atoms with Crippen LogP contribution < -0.4 is 10.6 Å². The van der Waals surface area contributed by atoms with Crippen LogP contribution in [0.1, 0.15) is 20.8 Å². The third-order valence-corrected chi connectivity index (χ3v) is 2.94. The zero-order chi connectivity index (χ0) is 11.2. The standard InChI is InChI=1S/C10H17N3O2/c1-10(2,3)8-9(15)13-5-7(14)11-4-6(13)12-8/h6,8,12H,4-5H2,1-3H3,(H,11,14). The second-order valence-electron chi connectivity index (χ2n) is 5.25. The first kappa shape index (κ1) is 10.4. The number of nitrogens with zero attached hydrogens (tertiary/aromatic N) is 1. The van der Waals surface area contributed by atoms with Crippen LogP contribution in [0.15, 0.2) is 0 Å². The van der Waals surface area contributed by atoms with Gasteiger partial charge < -0.3 is 10.2 Å². The second-order valence-corrected chi connectivity index (χ2v) is 5.25. The minimum absolute atomic E-state index is 0.0283.